The van der Waals surface area contributed by atoms with E-state index in [1.165, 1.54) is 12.1 Å². The Kier molecular flexibility index (Phi) is 3.83. The lowest BCUT2D eigenvalue weighted by Crippen LogP contribution is -2.39. The van der Waals surface area contributed by atoms with E-state index in [1.807, 2.05) is 27.0 Å². The summed E-state index contributed by atoms with van der Waals surface area (Å²) in [6, 6.07) is 6.54. The van der Waals surface area contributed by atoms with E-state index < -0.39 is 0 Å². The van der Waals surface area contributed by atoms with Gasteiger partial charge in [-0.15, -0.1) is 0 Å². The van der Waals surface area contributed by atoms with Crippen molar-refractivity contribution in [3.05, 3.63) is 35.6 Å². The highest BCUT2D eigenvalue weighted by Gasteiger charge is 2.29. The van der Waals surface area contributed by atoms with Crippen LogP contribution in [0.3, 0.4) is 0 Å². The molecule has 1 aromatic rings. The number of ether oxygens (including phenoxy) is 1. The van der Waals surface area contributed by atoms with E-state index in [0.29, 0.717) is 0 Å². The molecule has 0 aliphatic heterocycles. The van der Waals surface area contributed by atoms with Crippen LogP contribution in [0.25, 0.3) is 0 Å². The lowest BCUT2D eigenvalue weighted by Gasteiger charge is -2.33. The first kappa shape index (κ1) is 12.1. The Labute approximate surface area is 90.4 Å². The smallest absolute Gasteiger partial charge is 0.123 e. The molecule has 0 aromatic heterocycles. The Morgan fingerprint density at radius 3 is 2.53 bits per heavy atom. The maximum absolute atomic E-state index is 13.1. The summed E-state index contributed by atoms with van der Waals surface area (Å²) in [6.07, 6.45) is 0. The summed E-state index contributed by atoms with van der Waals surface area (Å²) in [5.41, 5.74) is 0.520. The minimum atomic E-state index is -0.372. The van der Waals surface area contributed by atoms with Crippen LogP contribution >= 0.6 is 0 Å². The van der Waals surface area contributed by atoms with Crippen molar-refractivity contribution < 1.29 is 9.13 Å². The Morgan fingerprint density at radius 2 is 2.07 bits per heavy atom. The van der Waals surface area contributed by atoms with Crippen molar-refractivity contribution in [3.8, 4) is 0 Å². The summed E-state index contributed by atoms with van der Waals surface area (Å²) in [5.74, 6) is -0.223. The molecule has 0 radical (unpaired) electrons. The van der Waals surface area contributed by atoms with Gasteiger partial charge < -0.3 is 10.1 Å². The fourth-order valence-electron chi connectivity index (χ4n) is 1.72. The molecule has 0 fully saturated rings. The van der Waals surface area contributed by atoms with Crippen molar-refractivity contribution in [2.45, 2.75) is 25.5 Å². The van der Waals surface area contributed by atoms with Gasteiger partial charge in [0.05, 0.1) is 11.6 Å². The third-order valence-corrected chi connectivity index (χ3v) is 2.69. The molecule has 84 valence electrons. The number of likely N-dealkylation sites (N-methyl/N-ethyl adjacent to an activating group) is 1. The van der Waals surface area contributed by atoms with Gasteiger partial charge in [-0.2, -0.15) is 0 Å². The average Bonchev–Trinajstić information content (AvgIpc) is 2.18. The van der Waals surface area contributed by atoms with Crippen LogP contribution in [0.15, 0.2) is 24.3 Å². The highest BCUT2D eigenvalue weighted by Crippen LogP contribution is 2.28. The summed E-state index contributed by atoms with van der Waals surface area (Å²) < 4.78 is 18.5. The van der Waals surface area contributed by atoms with E-state index in [1.54, 1.807) is 13.2 Å². The molecule has 2 nitrogen and oxygen atoms in total. The minimum Gasteiger partial charge on any atom is -0.377 e. The standard InChI is InChI=1S/C12H18FNO/c1-12(2,15-4)11(14-3)9-6-5-7-10(13)8-9/h5-8,11,14H,1-4H3. The van der Waals surface area contributed by atoms with E-state index in [4.69, 9.17) is 4.74 Å². The lowest BCUT2D eigenvalue weighted by atomic mass is 9.92. The molecule has 1 N–H and O–H groups in total. The monoisotopic (exact) mass is 211 g/mol. The molecule has 0 saturated heterocycles. The second-order valence-electron chi connectivity index (χ2n) is 4.08. The molecule has 0 aliphatic carbocycles. The van der Waals surface area contributed by atoms with Crippen molar-refractivity contribution in [2.24, 2.45) is 0 Å². The summed E-state index contributed by atoms with van der Waals surface area (Å²) >= 11 is 0. The quantitative estimate of drug-likeness (QED) is 0.826. The molecule has 0 saturated carbocycles. The molecular weight excluding hydrogens is 193 g/mol. The first-order valence-corrected chi connectivity index (χ1v) is 4.99. The SMILES string of the molecule is CNC(c1cccc(F)c1)C(C)(C)OC. The van der Waals surface area contributed by atoms with E-state index in [0.717, 1.165) is 5.56 Å². The molecular formula is C12H18FNO. The van der Waals surface area contributed by atoms with Gasteiger partial charge in [-0.25, -0.2) is 4.39 Å². The molecule has 1 unspecified atom stereocenters. The number of nitrogens with one attached hydrogen (secondary N) is 1. The topological polar surface area (TPSA) is 21.3 Å². The van der Waals surface area contributed by atoms with Crippen LogP contribution in [-0.4, -0.2) is 19.8 Å². The second-order valence-corrected chi connectivity index (χ2v) is 4.08. The van der Waals surface area contributed by atoms with Crippen molar-refractivity contribution in [3.63, 3.8) is 0 Å². The van der Waals surface area contributed by atoms with Crippen LogP contribution in [0.5, 0.6) is 0 Å². The highest BCUT2D eigenvalue weighted by atomic mass is 19.1. The Hall–Kier alpha value is -0.930. The molecule has 1 atom stereocenters. The zero-order valence-electron chi connectivity index (χ0n) is 9.67. The van der Waals surface area contributed by atoms with Gasteiger partial charge in [0, 0.05) is 7.11 Å². The molecule has 3 heteroatoms. The molecule has 0 amide bonds. The number of halogens is 1. The summed E-state index contributed by atoms with van der Waals surface area (Å²) in [6.45, 7) is 3.94. The normalized spacial score (nSPS) is 13.9. The van der Waals surface area contributed by atoms with Crippen molar-refractivity contribution in [1.29, 1.82) is 0 Å². The summed E-state index contributed by atoms with van der Waals surface area (Å²) in [7, 11) is 3.50. The van der Waals surface area contributed by atoms with Gasteiger partial charge >= 0.3 is 0 Å². The highest BCUT2D eigenvalue weighted by molar-refractivity contribution is 5.22. The minimum absolute atomic E-state index is 0.0294. The van der Waals surface area contributed by atoms with E-state index >= 15 is 0 Å². The third kappa shape index (κ3) is 2.76. The predicted octanol–water partition coefficient (Wildman–Crippen LogP) is 2.51. The Balaban J connectivity index is 3.02. The molecule has 0 bridgehead atoms. The van der Waals surface area contributed by atoms with Crippen LogP contribution in [0.2, 0.25) is 0 Å². The van der Waals surface area contributed by atoms with Crippen LogP contribution in [-0.2, 0) is 4.74 Å². The zero-order valence-corrected chi connectivity index (χ0v) is 9.67. The number of rotatable bonds is 4. The number of hydrogen-bond donors (Lipinski definition) is 1. The number of methoxy groups -OCH3 is 1. The fourth-order valence-corrected chi connectivity index (χ4v) is 1.72. The fraction of sp³-hybridized carbons (Fsp3) is 0.500. The van der Waals surface area contributed by atoms with Gasteiger partial charge in [-0.1, -0.05) is 12.1 Å². The summed E-state index contributed by atoms with van der Waals surface area (Å²) in [5, 5.41) is 3.15. The number of hydrogen-bond acceptors (Lipinski definition) is 2. The first-order chi connectivity index (χ1) is 7.01. The van der Waals surface area contributed by atoms with Gasteiger partial charge in [-0.3, -0.25) is 0 Å². The van der Waals surface area contributed by atoms with Crippen LogP contribution in [0.4, 0.5) is 4.39 Å². The average molecular weight is 211 g/mol. The Bertz CT molecular complexity index is 325. The van der Waals surface area contributed by atoms with Crippen LogP contribution in [0, 0.1) is 5.82 Å². The number of benzene rings is 1. The maximum atomic E-state index is 13.1. The van der Waals surface area contributed by atoms with Crippen molar-refractivity contribution in [2.75, 3.05) is 14.2 Å². The lowest BCUT2D eigenvalue weighted by molar-refractivity contribution is -0.00904. The molecule has 0 aliphatic rings. The molecule has 0 spiro atoms. The van der Waals surface area contributed by atoms with Gasteiger partial charge in [0.2, 0.25) is 0 Å². The molecule has 1 rings (SSSR count). The zero-order chi connectivity index (χ0) is 11.5. The Morgan fingerprint density at radius 1 is 1.40 bits per heavy atom. The van der Waals surface area contributed by atoms with Gasteiger partial charge in [0.25, 0.3) is 0 Å². The molecule has 0 heterocycles. The molecule has 1 aromatic carbocycles. The van der Waals surface area contributed by atoms with E-state index in [-0.39, 0.29) is 17.5 Å². The summed E-state index contributed by atoms with van der Waals surface area (Å²) in [4.78, 5) is 0. The first-order valence-electron chi connectivity index (χ1n) is 4.99. The predicted molar refractivity (Wildman–Crippen MR) is 59.3 cm³/mol. The van der Waals surface area contributed by atoms with Gasteiger partial charge in [-0.05, 0) is 38.6 Å². The van der Waals surface area contributed by atoms with E-state index in [9.17, 15) is 4.39 Å². The van der Waals surface area contributed by atoms with Gasteiger partial charge in [0.1, 0.15) is 5.82 Å². The van der Waals surface area contributed by atoms with Gasteiger partial charge in [0.15, 0.2) is 0 Å². The molecule has 15 heavy (non-hydrogen) atoms. The van der Waals surface area contributed by atoms with E-state index in [2.05, 4.69) is 5.32 Å². The van der Waals surface area contributed by atoms with Crippen LogP contribution < -0.4 is 5.32 Å². The maximum Gasteiger partial charge on any atom is 0.123 e. The largest absolute Gasteiger partial charge is 0.377 e. The van der Waals surface area contributed by atoms with Crippen molar-refractivity contribution in [1.82, 2.24) is 5.32 Å². The van der Waals surface area contributed by atoms with Crippen LogP contribution in [0.1, 0.15) is 25.5 Å². The second kappa shape index (κ2) is 4.73. The third-order valence-electron chi connectivity index (χ3n) is 2.69. The van der Waals surface area contributed by atoms with Crippen molar-refractivity contribution >= 4 is 0 Å².